The fourth-order valence-corrected chi connectivity index (χ4v) is 12.5. The molecule has 0 N–H and O–H groups in total. The van der Waals surface area contributed by atoms with Crippen molar-refractivity contribution in [2.75, 3.05) is 48.1 Å². The average Bonchev–Trinajstić information content (AvgIpc) is 3.47. The van der Waals surface area contributed by atoms with E-state index in [1.807, 2.05) is 0 Å². The standard InChI is InChI=1S/C36H49NO10/c1-8-37-17-34(18-41-4)14-13-26(46-33(40)21-9-11-22(42-5)12-10-21)36-24-15-23-25(43-6)16-35(47-20(3)39,27(24)29(23)45-19(2)38)28(32(36)37)30(44-7)31(34)36/h9-12,23-32H,8,13-18H2,1-7H3. The minimum Gasteiger partial charge on any atom is -0.497 e. The molecule has 13 atom stereocenters. The van der Waals surface area contributed by atoms with Crippen molar-refractivity contribution in [3.05, 3.63) is 29.8 Å². The van der Waals surface area contributed by atoms with Gasteiger partial charge in [-0.1, -0.05) is 6.92 Å². The number of benzene rings is 1. The largest absolute Gasteiger partial charge is 0.497 e. The second kappa shape index (κ2) is 11.7. The van der Waals surface area contributed by atoms with E-state index in [4.69, 9.17) is 33.2 Å². The fraction of sp³-hybridized carbons (Fsp3) is 0.750. The minimum absolute atomic E-state index is 0.0547. The molecule has 1 spiro atoms. The molecule has 7 bridgehead atoms. The summed E-state index contributed by atoms with van der Waals surface area (Å²) >= 11 is 0. The molecule has 0 amide bonds. The normalized spacial score (nSPS) is 44.1. The van der Waals surface area contributed by atoms with Gasteiger partial charge < -0.3 is 33.2 Å². The van der Waals surface area contributed by atoms with Crippen LogP contribution < -0.4 is 4.74 Å². The summed E-state index contributed by atoms with van der Waals surface area (Å²) in [5.41, 5.74) is -1.42. The van der Waals surface area contributed by atoms with E-state index in [-0.39, 0.29) is 71.2 Å². The molecule has 0 radical (unpaired) electrons. The van der Waals surface area contributed by atoms with E-state index < -0.39 is 23.2 Å². The molecule has 13 unspecified atom stereocenters. The van der Waals surface area contributed by atoms with Crippen molar-refractivity contribution in [2.45, 2.75) is 82.5 Å². The Bertz CT molecular complexity index is 1400. The molecule has 1 heterocycles. The van der Waals surface area contributed by atoms with Gasteiger partial charge in [0, 0.05) is 88.7 Å². The summed E-state index contributed by atoms with van der Waals surface area (Å²) in [4.78, 5) is 42.5. The van der Waals surface area contributed by atoms with Gasteiger partial charge in [-0.2, -0.15) is 0 Å². The smallest absolute Gasteiger partial charge is 0.338 e. The lowest BCUT2D eigenvalue weighted by molar-refractivity contribution is -0.277. The van der Waals surface area contributed by atoms with Gasteiger partial charge in [0.15, 0.2) is 0 Å². The number of piperidine rings is 1. The minimum atomic E-state index is -1.01. The van der Waals surface area contributed by atoms with Crippen LogP contribution in [0.2, 0.25) is 0 Å². The first-order chi connectivity index (χ1) is 22.6. The van der Waals surface area contributed by atoms with E-state index in [1.54, 1.807) is 52.7 Å². The van der Waals surface area contributed by atoms with Crippen LogP contribution in [0.1, 0.15) is 56.8 Å². The summed E-state index contributed by atoms with van der Waals surface area (Å²) in [5.74, 6) is -1.32. The molecule has 1 aromatic rings. The number of hydrogen-bond donors (Lipinski definition) is 0. The van der Waals surface area contributed by atoms with Crippen molar-refractivity contribution in [1.82, 2.24) is 4.90 Å². The van der Waals surface area contributed by atoms with Crippen LogP contribution in [0.4, 0.5) is 0 Å². The maximum absolute atomic E-state index is 14.0. The topological polar surface area (TPSA) is 119 Å². The number of rotatable bonds is 10. The third kappa shape index (κ3) is 4.34. The fourth-order valence-electron chi connectivity index (χ4n) is 12.5. The van der Waals surface area contributed by atoms with Gasteiger partial charge >= 0.3 is 17.9 Å². The van der Waals surface area contributed by atoms with E-state index in [0.717, 1.165) is 19.5 Å². The van der Waals surface area contributed by atoms with Crippen molar-refractivity contribution >= 4 is 17.9 Å². The molecule has 7 rings (SSSR count). The molecule has 5 aliphatic carbocycles. The van der Waals surface area contributed by atoms with Crippen LogP contribution in [0.25, 0.3) is 0 Å². The van der Waals surface area contributed by atoms with E-state index in [0.29, 0.717) is 37.2 Å². The van der Waals surface area contributed by atoms with Crippen molar-refractivity contribution in [3.8, 4) is 5.75 Å². The highest BCUT2D eigenvalue weighted by Crippen LogP contribution is 2.80. The first-order valence-corrected chi connectivity index (χ1v) is 17.1. The molecular formula is C36H49NO10. The Morgan fingerprint density at radius 1 is 0.936 bits per heavy atom. The number of carbonyl (C=O) groups is 3. The van der Waals surface area contributed by atoms with Gasteiger partial charge in [0.25, 0.3) is 0 Å². The number of nitrogens with zero attached hydrogens (tertiary/aromatic N) is 1. The third-order valence-electron chi connectivity index (χ3n) is 13.2. The number of carbonyl (C=O) groups excluding carboxylic acids is 3. The van der Waals surface area contributed by atoms with E-state index in [2.05, 4.69) is 11.8 Å². The Morgan fingerprint density at radius 2 is 1.68 bits per heavy atom. The molecule has 0 aromatic heterocycles. The number of fused-ring (bicyclic) bond motifs is 2. The Labute approximate surface area is 276 Å². The molecule has 1 aromatic carbocycles. The quantitative estimate of drug-likeness (QED) is 0.272. The predicted molar refractivity (Wildman–Crippen MR) is 168 cm³/mol. The first kappa shape index (κ1) is 32.8. The van der Waals surface area contributed by atoms with E-state index in [9.17, 15) is 14.4 Å². The maximum atomic E-state index is 14.0. The summed E-state index contributed by atoms with van der Waals surface area (Å²) < 4.78 is 43.8. The zero-order valence-electron chi connectivity index (χ0n) is 28.6. The number of methoxy groups -OCH3 is 4. The SMILES string of the molecule is CCN1CC2(COC)CCC(OC(=O)c3ccc(OC)cc3)C34C5CC6C(OC)CC(OC(C)=O)(C5C6OC(C)=O)C(C(OC)C23)C14. The lowest BCUT2D eigenvalue weighted by atomic mass is 9.43. The second-order valence-electron chi connectivity index (χ2n) is 14.8. The van der Waals surface area contributed by atoms with Crippen LogP contribution in [-0.4, -0.2) is 107 Å². The Hall–Kier alpha value is -2.73. The highest BCUT2D eigenvalue weighted by molar-refractivity contribution is 5.89. The average molecular weight is 656 g/mol. The predicted octanol–water partition coefficient (Wildman–Crippen LogP) is 3.52. The molecule has 6 aliphatic rings. The molecule has 1 saturated heterocycles. The number of esters is 3. The van der Waals surface area contributed by atoms with Crippen LogP contribution in [-0.2, 0) is 38.0 Å². The number of hydrogen-bond acceptors (Lipinski definition) is 11. The van der Waals surface area contributed by atoms with Crippen molar-refractivity contribution in [3.63, 3.8) is 0 Å². The summed E-state index contributed by atoms with van der Waals surface area (Å²) in [6.07, 6.45) is 1.05. The Kier molecular flexibility index (Phi) is 8.17. The van der Waals surface area contributed by atoms with Crippen molar-refractivity contribution in [1.29, 1.82) is 0 Å². The van der Waals surface area contributed by atoms with Crippen LogP contribution in [0.15, 0.2) is 24.3 Å². The van der Waals surface area contributed by atoms with Gasteiger partial charge in [0.1, 0.15) is 23.6 Å². The summed E-state index contributed by atoms with van der Waals surface area (Å²) in [6.45, 7) is 7.17. The summed E-state index contributed by atoms with van der Waals surface area (Å²) in [7, 11) is 6.78. The number of ether oxygens (including phenoxy) is 7. The highest BCUT2D eigenvalue weighted by atomic mass is 16.6. The third-order valence-corrected chi connectivity index (χ3v) is 13.2. The molecule has 6 fully saturated rings. The van der Waals surface area contributed by atoms with Gasteiger partial charge in [-0.25, -0.2) is 4.79 Å². The van der Waals surface area contributed by atoms with Crippen LogP contribution in [0.3, 0.4) is 0 Å². The van der Waals surface area contributed by atoms with Crippen molar-refractivity contribution in [2.24, 2.45) is 40.4 Å². The van der Waals surface area contributed by atoms with Crippen LogP contribution >= 0.6 is 0 Å². The van der Waals surface area contributed by atoms with E-state index >= 15 is 0 Å². The van der Waals surface area contributed by atoms with Gasteiger partial charge in [-0.15, -0.1) is 0 Å². The number of likely N-dealkylation sites (tertiary alicyclic amines) is 1. The van der Waals surface area contributed by atoms with Crippen LogP contribution in [0, 0.1) is 40.4 Å². The van der Waals surface area contributed by atoms with Gasteiger partial charge in [0.05, 0.1) is 31.5 Å². The Balaban J connectivity index is 1.46. The monoisotopic (exact) mass is 655 g/mol. The lowest BCUT2D eigenvalue weighted by Crippen LogP contribution is -2.77. The second-order valence-corrected chi connectivity index (χ2v) is 14.8. The van der Waals surface area contributed by atoms with Crippen molar-refractivity contribution < 1.29 is 47.5 Å². The molecule has 11 heteroatoms. The molecule has 1 aliphatic heterocycles. The summed E-state index contributed by atoms with van der Waals surface area (Å²) in [6, 6.07) is 6.89. The Morgan fingerprint density at radius 3 is 2.28 bits per heavy atom. The summed E-state index contributed by atoms with van der Waals surface area (Å²) in [5, 5.41) is 0. The zero-order valence-corrected chi connectivity index (χ0v) is 28.6. The van der Waals surface area contributed by atoms with Crippen LogP contribution in [0.5, 0.6) is 5.75 Å². The molecule has 47 heavy (non-hydrogen) atoms. The van der Waals surface area contributed by atoms with Gasteiger partial charge in [0.2, 0.25) is 0 Å². The van der Waals surface area contributed by atoms with Gasteiger partial charge in [-0.05, 0) is 56.0 Å². The van der Waals surface area contributed by atoms with Gasteiger partial charge in [-0.3, -0.25) is 14.5 Å². The molecule has 5 saturated carbocycles. The molecule has 258 valence electrons. The zero-order chi connectivity index (χ0) is 33.5. The lowest BCUT2D eigenvalue weighted by Gasteiger charge is -2.69. The first-order valence-electron chi connectivity index (χ1n) is 17.1. The maximum Gasteiger partial charge on any atom is 0.338 e. The molecule has 11 nitrogen and oxygen atoms in total. The van der Waals surface area contributed by atoms with E-state index in [1.165, 1.54) is 13.8 Å². The highest BCUT2D eigenvalue weighted by Gasteiger charge is 2.88. The molecular weight excluding hydrogens is 606 g/mol.